The maximum Gasteiger partial charge on any atom is 0.241 e. The molecule has 1 aromatic rings. The summed E-state index contributed by atoms with van der Waals surface area (Å²) < 4.78 is 0. The van der Waals surface area contributed by atoms with E-state index >= 15 is 0 Å². The fourth-order valence-electron chi connectivity index (χ4n) is 2.58. The van der Waals surface area contributed by atoms with E-state index < -0.39 is 0 Å². The highest BCUT2D eigenvalue weighted by molar-refractivity contribution is 5.86. The smallest absolute Gasteiger partial charge is 0.241 e. The fourth-order valence-corrected chi connectivity index (χ4v) is 2.58. The molecule has 21 heavy (non-hydrogen) atoms. The molecule has 114 valence electrons. The van der Waals surface area contributed by atoms with Crippen LogP contribution in [0.2, 0.25) is 0 Å². The average molecular weight is 290 g/mol. The number of aryl methyl sites for hydroxylation is 2. The van der Waals surface area contributed by atoms with E-state index in [1.807, 2.05) is 26.0 Å². The van der Waals surface area contributed by atoms with Gasteiger partial charge in [-0.3, -0.25) is 14.6 Å². The number of likely N-dealkylation sites (N-methyl/N-ethyl adjacent to an activating group) is 1. The molecule has 2 atom stereocenters. The van der Waals surface area contributed by atoms with Gasteiger partial charge in [-0.1, -0.05) is 0 Å². The van der Waals surface area contributed by atoms with Gasteiger partial charge < -0.3 is 4.90 Å². The second kappa shape index (κ2) is 6.32. The summed E-state index contributed by atoms with van der Waals surface area (Å²) in [5, 5.41) is 0. The van der Waals surface area contributed by atoms with Crippen molar-refractivity contribution in [3.8, 4) is 0 Å². The highest BCUT2D eigenvalue weighted by atomic mass is 16.2. The minimum absolute atomic E-state index is 0.0350. The number of hydrogen-bond acceptors (Lipinski definition) is 5. The molecule has 2 unspecified atom stereocenters. The second-order valence-corrected chi connectivity index (χ2v) is 5.71. The van der Waals surface area contributed by atoms with Crippen LogP contribution >= 0.6 is 0 Å². The van der Waals surface area contributed by atoms with Gasteiger partial charge in [-0.15, -0.1) is 0 Å². The van der Waals surface area contributed by atoms with Crippen LogP contribution in [-0.2, 0) is 16.1 Å². The fraction of sp³-hybridized carbons (Fsp3) is 0.533. The Morgan fingerprint density at radius 2 is 1.95 bits per heavy atom. The summed E-state index contributed by atoms with van der Waals surface area (Å²) in [6, 6.07) is 3.34. The van der Waals surface area contributed by atoms with Crippen LogP contribution in [0.25, 0.3) is 0 Å². The number of pyridine rings is 1. The second-order valence-electron chi connectivity index (χ2n) is 5.71. The number of carbonyl (C=O) groups is 2. The van der Waals surface area contributed by atoms with Crippen LogP contribution in [0.3, 0.4) is 0 Å². The third-order valence-electron chi connectivity index (χ3n) is 3.62. The monoisotopic (exact) mass is 290 g/mol. The molecule has 0 spiro atoms. The summed E-state index contributed by atoms with van der Waals surface area (Å²) in [7, 11) is 1.75. The van der Waals surface area contributed by atoms with Crippen LogP contribution in [0, 0.1) is 13.8 Å². The number of amides is 1. The van der Waals surface area contributed by atoms with Gasteiger partial charge in [0.1, 0.15) is 11.8 Å². The Hall–Kier alpha value is -1.79. The number of hydrazine groups is 1. The van der Waals surface area contributed by atoms with E-state index in [4.69, 9.17) is 0 Å². The lowest BCUT2D eigenvalue weighted by Crippen LogP contribution is -2.44. The highest BCUT2D eigenvalue weighted by Gasteiger charge is 2.33. The molecule has 2 rings (SSSR count). The van der Waals surface area contributed by atoms with Crippen LogP contribution in [-0.4, -0.2) is 40.7 Å². The Kier molecular flexibility index (Phi) is 4.69. The van der Waals surface area contributed by atoms with Crippen LogP contribution in [0.5, 0.6) is 0 Å². The minimum Gasteiger partial charge on any atom is -0.338 e. The lowest BCUT2D eigenvalue weighted by atomic mass is 10.1. The molecule has 1 aliphatic heterocycles. The molecule has 1 aliphatic rings. The van der Waals surface area contributed by atoms with E-state index in [0.717, 1.165) is 17.0 Å². The summed E-state index contributed by atoms with van der Waals surface area (Å²) in [6.45, 7) is 5.94. The zero-order valence-electron chi connectivity index (χ0n) is 12.9. The lowest BCUT2D eigenvalue weighted by Gasteiger charge is -2.20. The molecule has 1 amide bonds. The Balaban J connectivity index is 1.98. The van der Waals surface area contributed by atoms with Crippen LogP contribution in [0.15, 0.2) is 12.1 Å². The molecule has 1 fully saturated rings. The van der Waals surface area contributed by atoms with Crippen molar-refractivity contribution in [1.29, 1.82) is 0 Å². The first-order valence-corrected chi connectivity index (χ1v) is 7.07. The predicted octanol–water partition coefficient (Wildman–Crippen LogP) is 0.481. The molecule has 2 N–H and O–H groups in total. The largest absolute Gasteiger partial charge is 0.338 e. The quantitative estimate of drug-likeness (QED) is 0.844. The number of ketones is 1. The minimum atomic E-state index is -0.366. The van der Waals surface area contributed by atoms with Crippen LogP contribution in [0.4, 0.5) is 0 Å². The molecule has 6 nitrogen and oxygen atoms in total. The Morgan fingerprint density at radius 3 is 2.52 bits per heavy atom. The first-order chi connectivity index (χ1) is 9.86. The molecule has 6 heteroatoms. The predicted molar refractivity (Wildman–Crippen MR) is 79.3 cm³/mol. The third-order valence-corrected chi connectivity index (χ3v) is 3.62. The van der Waals surface area contributed by atoms with E-state index in [2.05, 4.69) is 15.8 Å². The van der Waals surface area contributed by atoms with Gasteiger partial charge in [0.25, 0.3) is 0 Å². The number of aromatic nitrogens is 1. The third kappa shape index (κ3) is 3.86. The number of rotatable bonds is 4. The van der Waals surface area contributed by atoms with Crippen molar-refractivity contribution in [3.63, 3.8) is 0 Å². The van der Waals surface area contributed by atoms with E-state index in [9.17, 15) is 9.59 Å². The van der Waals surface area contributed by atoms with Crippen molar-refractivity contribution in [2.24, 2.45) is 0 Å². The van der Waals surface area contributed by atoms with Gasteiger partial charge in [0, 0.05) is 12.7 Å². The van der Waals surface area contributed by atoms with Crippen molar-refractivity contribution in [2.45, 2.75) is 45.8 Å². The van der Waals surface area contributed by atoms with Gasteiger partial charge in [-0.05, 0) is 44.9 Å². The molecule has 1 aromatic heterocycles. The topological polar surface area (TPSA) is 74.3 Å². The standard InChI is InChI=1S/C15H22N4O2/c1-9-5-10(2)16-12(6-9)8-19(4)15(21)14-7-13(11(3)20)17-18-14/h5-6,13-14,17-18H,7-8H2,1-4H3. The van der Waals surface area contributed by atoms with Crippen molar-refractivity contribution >= 4 is 11.7 Å². The average Bonchev–Trinajstić information content (AvgIpc) is 2.86. The summed E-state index contributed by atoms with van der Waals surface area (Å²) in [6.07, 6.45) is 0.485. The van der Waals surface area contributed by atoms with Gasteiger partial charge in [-0.2, -0.15) is 0 Å². The molecule has 1 saturated heterocycles. The lowest BCUT2D eigenvalue weighted by molar-refractivity contribution is -0.132. The summed E-state index contributed by atoms with van der Waals surface area (Å²) in [5.41, 5.74) is 8.71. The van der Waals surface area contributed by atoms with Crippen LogP contribution < -0.4 is 10.9 Å². The van der Waals surface area contributed by atoms with Gasteiger partial charge >= 0.3 is 0 Å². The van der Waals surface area contributed by atoms with Gasteiger partial charge in [0.15, 0.2) is 0 Å². The van der Waals surface area contributed by atoms with Gasteiger partial charge in [-0.25, -0.2) is 10.9 Å². The summed E-state index contributed by atoms with van der Waals surface area (Å²) in [5.74, 6) is 0.00337. The number of nitrogens with one attached hydrogen (secondary N) is 2. The maximum atomic E-state index is 12.4. The van der Waals surface area contributed by atoms with E-state index in [-0.39, 0.29) is 23.8 Å². The molecular weight excluding hydrogens is 268 g/mol. The Morgan fingerprint density at radius 1 is 1.29 bits per heavy atom. The van der Waals surface area contributed by atoms with Gasteiger partial charge in [0.2, 0.25) is 5.91 Å². The zero-order chi connectivity index (χ0) is 15.6. The summed E-state index contributed by atoms with van der Waals surface area (Å²) >= 11 is 0. The molecule has 0 radical (unpaired) electrons. The van der Waals surface area contributed by atoms with E-state index in [0.29, 0.717) is 13.0 Å². The first-order valence-electron chi connectivity index (χ1n) is 7.07. The zero-order valence-corrected chi connectivity index (χ0v) is 12.9. The number of nitrogens with zero attached hydrogens (tertiary/aromatic N) is 2. The van der Waals surface area contributed by atoms with Crippen molar-refractivity contribution in [3.05, 3.63) is 29.1 Å². The normalized spacial score (nSPS) is 21.3. The molecule has 2 heterocycles. The number of Topliss-reactive ketones (excluding diaryl/α,β-unsaturated/α-hetero) is 1. The number of carbonyl (C=O) groups excluding carboxylic acids is 2. The maximum absolute atomic E-state index is 12.4. The molecular formula is C15H22N4O2. The SMILES string of the molecule is CC(=O)C1CC(C(=O)N(C)Cc2cc(C)cc(C)n2)NN1. The van der Waals surface area contributed by atoms with Crippen molar-refractivity contribution < 1.29 is 9.59 Å². The molecule has 0 bridgehead atoms. The number of hydrogen-bond donors (Lipinski definition) is 2. The van der Waals surface area contributed by atoms with Gasteiger partial charge in [0.05, 0.1) is 18.3 Å². The van der Waals surface area contributed by atoms with Crippen molar-refractivity contribution in [2.75, 3.05) is 7.05 Å². The molecule has 0 saturated carbocycles. The van der Waals surface area contributed by atoms with Crippen molar-refractivity contribution in [1.82, 2.24) is 20.7 Å². The highest BCUT2D eigenvalue weighted by Crippen LogP contribution is 2.11. The van der Waals surface area contributed by atoms with Crippen LogP contribution in [0.1, 0.15) is 30.3 Å². The van der Waals surface area contributed by atoms with E-state index in [1.165, 1.54) is 6.92 Å². The Labute approximate surface area is 124 Å². The summed E-state index contributed by atoms with van der Waals surface area (Å²) in [4.78, 5) is 29.8. The van der Waals surface area contributed by atoms with E-state index in [1.54, 1.807) is 11.9 Å². The molecule has 0 aliphatic carbocycles. The Bertz CT molecular complexity index is 538. The molecule has 0 aromatic carbocycles. The first kappa shape index (κ1) is 15.6.